The van der Waals surface area contributed by atoms with Gasteiger partial charge in [-0.3, -0.25) is 4.90 Å². The summed E-state index contributed by atoms with van der Waals surface area (Å²) in [5, 5.41) is 3.78. The third kappa shape index (κ3) is 5.05. The smallest absolute Gasteiger partial charge is 0.0593 e. The molecule has 1 aliphatic carbocycles. The Morgan fingerprint density at radius 1 is 1.32 bits per heavy atom. The van der Waals surface area contributed by atoms with Crippen LogP contribution in [0.15, 0.2) is 0 Å². The van der Waals surface area contributed by atoms with Gasteiger partial charge >= 0.3 is 0 Å². The molecule has 0 amide bonds. The molecule has 1 N–H and O–H groups in total. The standard InChI is InChI=1S/C16H32N2O/c1-14(2)7-11-19-12-10-18-9-4-8-17-16(3,13-18)15-5-6-15/h14-15,17H,4-13H2,1-3H3. The van der Waals surface area contributed by atoms with Gasteiger partial charge in [0.15, 0.2) is 0 Å². The summed E-state index contributed by atoms with van der Waals surface area (Å²) in [7, 11) is 0. The van der Waals surface area contributed by atoms with E-state index in [1.807, 2.05) is 0 Å². The Bertz CT molecular complexity index is 265. The number of hydrogen-bond acceptors (Lipinski definition) is 3. The first-order valence-corrected chi connectivity index (χ1v) is 8.15. The number of ether oxygens (including phenoxy) is 1. The highest BCUT2D eigenvalue weighted by Crippen LogP contribution is 2.40. The van der Waals surface area contributed by atoms with Crippen LogP contribution in [0.3, 0.4) is 0 Å². The quantitative estimate of drug-likeness (QED) is 0.718. The molecule has 1 saturated carbocycles. The van der Waals surface area contributed by atoms with E-state index in [4.69, 9.17) is 4.74 Å². The minimum Gasteiger partial charge on any atom is -0.380 e. The maximum atomic E-state index is 5.77. The highest BCUT2D eigenvalue weighted by molar-refractivity contribution is 5.00. The van der Waals surface area contributed by atoms with E-state index in [0.717, 1.165) is 31.6 Å². The summed E-state index contributed by atoms with van der Waals surface area (Å²) >= 11 is 0. The van der Waals surface area contributed by atoms with Gasteiger partial charge in [-0.2, -0.15) is 0 Å². The Balaban J connectivity index is 1.67. The Hall–Kier alpha value is -0.120. The van der Waals surface area contributed by atoms with E-state index >= 15 is 0 Å². The maximum Gasteiger partial charge on any atom is 0.0593 e. The molecule has 1 atom stereocenters. The SMILES string of the molecule is CC(C)CCOCCN1CCCNC(C)(C2CC2)C1. The van der Waals surface area contributed by atoms with Gasteiger partial charge in [0.05, 0.1) is 6.61 Å². The molecule has 19 heavy (non-hydrogen) atoms. The van der Waals surface area contributed by atoms with Crippen molar-refractivity contribution in [3.63, 3.8) is 0 Å². The van der Waals surface area contributed by atoms with Crippen molar-refractivity contribution in [2.24, 2.45) is 11.8 Å². The van der Waals surface area contributed by atoms with Crippen molar-refractivity contribution >= 4 is 0 Å². The monoisotopic (exact) mass is 268 g/mol. The Morgan fingerprint density at radius 3 is 2.79 bits per heavy atom. The first-order valence-electron chi connectivity index (χ1n) is 8.15. The summed E-state index contributed by atoms with van der Waals surface area (Å²) in [5.41, 5.74) is 0.356. The topological polar surface area (TPSA) is 24.5 Å². The Labute approximate surface area is 119 Å². The molecule has 0 bridgehead atoms. The van der Waals surface area contributed by atoms with E-state index in [9.17, 15) is 0 Å². The zero-order valence-corrected chi connectivity index (χ0v) is 13.1. The molecular weight excluding hydrogens is 236 g/mol. The predicted molar refractivity (Wildman–Crippen MR) is 80.5 cm³/mol. The zero-order valence-electron chi connectivity index (χ0n) is 13.1. The van der Waals surface area contributed by atoms with E-state index in [0.29, 0.717) is 5.54 Å². The van der Waals surface area contributed by atoms with Gasteiger partial charge < -0.3 is 10.1 Å². The fourth-order valence-electron chi connectivity index (χ4n) is 3.08. The highest BCUT2D eigenvalue weighted by Gasteiger charge is 2.42. The van der Waals surface area contributed by atoms with E-state index in [1.165, 1.54) is 45.3 Å². The van der Waals surface area contributed by atoms with Crippen molar-refractivity contribution < 1.29 is 4.74 Å². The summed E-state index contributed by atoms with van der Waals surface area (Å²) in [6.45, 7) is 13.4. The van der Waals surface area contributed by atoms with E-state index in [-0.39, 0.29) is 0 Å². The fourth-order valence-corrected chi connectivity index (χ4v) is 3.08. The third-order valence-corrected chi connectivity index (χ3v) is 4.60. The second kappa shape index (κ2) is 7.05. The molecule has 0 spiro atoms. The van der Waals surface area contributed by atoms with Crippen LogP contribution in [-0.4, -0.2) is 49.8 Å². The molecule has 1 heterocycles. The lowest BCUT2D eigenvalue weighted by Gasteiger charge is -2.34. The number of rotatable bonds is 7. The molecule has 0 aromatic carbocycles. The van der Waals surface area contributed by atoms with E-state index < -0.39 is 0 Å². The molecule has 0 aromatic heterocycles. The van der Waals surface area contributed by atoms with Crippen LogP contribution in [0.2, 0.25) is 0 Å². The van der Waals surface area contributed by atoms with Crippen molar-refractivity contribution in [3.05, 3.63) is 0 Å². The highest BCUT2D eigenvalue weighted by atomic mass is 16.5. The average molecular weight is 268 g/mol. The lowest BCUT2D eigenvalue weighted by atomic mass is 9.95. The summed E-state index contributed by atoms with van der Waals surface area (Å²) in [6, 6.07) is 0. The first-order chi connectivity index (χ1) is 9.10. The zero-order chi connectivity index (χ0) is 13.7. The molecular formula is C16H32N2O. The molecule has 1 aliphatic heterocycles. The lowest BCUT2D eigenvalue weighted by molar-refractivity contribution is 0.0884. The fraction of sp³-hybridized carbons (Fsp3) is 1.00. The van der Waals surface area contributed by atoms with E-state index in [2.05, 4.69) is 31.0 Å². The molecule has 2 rings (SSSR count). The van der Waals surface area contributed by atoms with Crippen molar-refractivity contribution in [3.8, 4) is 0 Å². The molecule has 1 unspecified atom stereocenters. The van der Waals surface area contributed by atoms with Crippen LogP contribution in [0, 0.1) is 11.8 Å². The minimum absolute atomic E-state index is 0.356. The Kier molecular flexibility index (Phi) is 5.67. The van der Waals surface area contributed by atoms with Crippen LogP contribution in [-0.2, 0) is 4.74 Å². The normalized spacial score (nSPS) is 29.7. The molecule has 2 fully saturated rings. The summed E-state index contributed by atoms with van der Waals surface area (Å²) in [5.74, 6) is 1.66. The van der Waals surface area contributed by atoms with Gasteiger partial charge in [0.2, 0.25) is 0 Å². The number of nitrogens with zero attached hydrogens (tertiary/aromatic N) is 1. The second-order valence-electron chi connectivity index (χ2n) is 7.04. The first kappa shape index (κ1) is 15.3. The molecule has 3 nitrogen and oxygen atoms in total. The summed E-state index contributed by atoms with van der Waals surface area (Å²) in [4.78, 5) is 2.60. The van der Waals surface area contributed by atoms with Crippen LogP contribution in [0.1, 0.15) is 46.5 Å². The van der Waals surface area contributed by atoms with Crippen molar-refractivity contribution in [1.82, 2.24) is 10.2 Å². The largest absolute Gasteiger partial charge is 0.380 e. The van der Waals surface area contributed by atoms with Gasteiger partial charge in [-0.15, -0.1) is 0 Å². The molecule has 0 radical (unpaired) electrons. The predicted octanol–water partition coefficient (Wildman–Crippen LogP) is 2.51. The van der Waals surface area contributed by atoms with Crippen LogP contribution in [0.4, 0.5) is 0 Å². The molecule has 1 saturated heterocycles. The van der Waals surface area contributed by atoms with Gasteiger partial charge in [-0.25, -0.2) is 0 Å². The Morgan fingerprint density at radius 2 is 2.11 bits per heavy atom. The lowest BCUT2D eigenvalue weighted by Crippen LogP contribution is -2.51. The van der Waals surface area contributed by atoms with E-state index in [1.54, 1.807) is 0 Å². The van der Waals surface area contributed by atoms with Gasteiger partial charge in [-0.1, -0.05) is 13.8 Å². The van der Waals surface area contributed by atoms with Crippen molar-refractivity contribution in [2.45, 2.75) is 52.0 Å². The van der Waals surface area contributed by atoms with Gasteiger partial charge in [0.1, 0.15) is 0 Å². The van der Waals surface area contributed by atoms with Crippen LogP contribution >= 0.6 is 0 Å². The average Bonchev–Trinajstić information content (AvgIpc) is 3.16. The number of hydrogen-bond donors (Lipinski definition) is 1. The van der Waals surface area contributed by atoms with Crippen molar-refractivity contribution in [1.29, 1.82) is 0 Å². The van der Waals surface area contributed by atoms with Gasteiger partial charge in [0, 0.05) is 25.2 Å². The van der Waals surface area contributed by atoms with Gasteiger partial charge in [0.25, 0.3) is 0 Å². The second-order valence-corrected chi connectivity index (χ2v) is 7.04. The maximum absolute atomic E-state index is 5.77. The van der Waals surface area contributed by atoms with Crippen LogP contribution < -0.4 is 5.32 Å². The van der Waals surface area contributed by atoms with Crippen LogP contribution in [0.25, 0.3) is 0 Å². The minimum atomic E-state index is 0.356. The van der Waals surface area contributed by atoms with Gasteiger partial charge in [-0.05, 0) is 57.5 Å². The molecule has 0 aromatic rings. The molecule has 2 aliphatic rings. The number of nitrogens with one attached hydrogen (secondary N) is 1. The molecule has 3 heteroatoms. The summed E-state index contributed by atoms with van der Waals surface area (Å²) in [6.07, 6.45) is 5.29. The van der Waals surface area contributed by atoms with Crippen molar-refractivity contribution in [2.75, 3.05) is 39.4 Å². The summed E-state index contributed by atoms with van der Waals surface area (Å²) < 4.78 is 5.77. The molecule has 112 valence electrons. The van der Waals surface area contributed by atoms with Crippen LogP contribution in [0.5, 0.6) is 0 Å². The third-order valence-electron chi connectivity index (χ3n) is 4.60.